The third-order valence-corrected chi connectivity index (χ3v) is 3.82. The second-order valence-electron chi connectivity index (χ2n) is 5.33. The van der Waals surface area contributed by atoms with Crippen LogP contribution in [0.1, 0.15) is 30.9 Å². The fourth-order valence-corrected chi connectivity index (χ4v) is 2.92. The van der Waals surface area contributed by atoms with Crippen LogP contribution in [0, 0.1) is 6.92 Å². The van der Waals surface area contributed by atoms with Crippen molar-refractivity contribution >= 4 is 5.69 Å². The Bertz CT molecular complexity index is 404. The van der Waals surface area contributed by atoms with Crippen LogP contribution in [0.3, 0.4) is 0 Å². The molecule has 0 aliphatic carbocycles. The van der Waals surface area contributed by atoms with Crippen LogP contribution >= 0.6 is 0 Å². The largest absolute Gasteiger partial charge is 0.377 e. The highest BCUT2D eigenvalue weighted by Crippen LogP contribution is 2.25. The zero-order valence-electron chi connectivity index (χ0n) is 12.2. The number of anilines is 1. The third-order valence-electron chi connectivity index (χ3n) is 3.82. The standard InChI is InChI=1S/C16H26N2O/c1-3-19-15-5-4-10-18(12-15)16-7-6-14(8-9-17)11-13(16)2/h6-7,11,15H,3-5,8-10,12,17H2,1-2H3. The topological polar surface area (TPSA) is 38.5 Å². The molecular weight excluding hydrogens is 236 g/mol. The Hall–Kier alpha value is -1.06. The molecule has 1 aliphatic heterocycles. The van der Waals surface area contributed by atoms with Crippen molar-refractivity contribution in [1.29, 1.82) is 0 Å². The molecule has 0 amide bonds. The molecule has 106 valence electrons. The molecule has 0 spiro atoms. The number of nitrogens with two attached hydrogens (primary N) is 1. The zero-order chi connectivity index (χ0) is 13.7. The lowest BCUT2D eigenvalue weighted by Gasteiger charge is -2.35. The van der Waals surface area contributed by atoms with Crippen molar-refractivity contribution in [1.82, 2.24) is 0 Å². The normalized spacial score (nSPS) is 19.7. The van der Waals surface area contributed by atoms with Gasteiger partial charge in [-0.05, 0) is 56.8 Å². The van der Waals surface area contributed by atoms with Gasteiger partial charge >= 0.3 is 0 Å². The number of rotatable bonds is 5. The summed E-state index contributed by atoms with van der Waals surface area (Å²) in [6.07, 6.45) is 3.76. The Balaban J connectivity index is 2.08. The molecule has 2 N–H and O–H groups in total. The smallest absolute Gasteiger partial charge is 0.0750 e. The van der Waals surface area contributed by atoms with Crippen molar-refractivity contribution in [2.24, 2.45) is 5.73 Å². The predicted molar refractivity (Wildman–Crippen MR) is 80.8 cm³/mol. The molecule has 1 unspecified atom stereocenters. The summed E-state index contributed by atoms with van der Waals surface area (Å²) in [6, 6.07) is 6.72. The summed E-state index contributed by atoms with van der Waals surface area (Å²) in [5.74, 6) is 0. The van der Waals surface area contributed by atoms with Crippen molar-refractivity contribution in [3.8, 4) is 0 Å². The van der Waals surface area contributed by atoms with Gasteiger partial charge in [0.15, 0.2) is 0 Å². The fourth-order valence-electron chi connectivity index (χ4n) is 2.92. The average Bonchev–Trinajstić information content (AvgIpc) is 2.40. The summed E-state index contributed by atoms with van der Waals surface area (Å²) < 4.78 is 5.78. The van der Waals surface area contributed by atoms with Crippen LogP contribution in [0.25, 0.3) is 0 Å². The summed E-state index contributed by atoms with van der Waals surface area (Å²) in [7, 11) is 0. The SMILES string of the molecule is CCOC1CCCN(c2ccc(CCN)cc2C)C1. The first-order chi connectivity index (χ1) is 9.24. The Morgan fingerprint density at radius 1 is 1.42 bits per heavy atom. The quantitative estimate of drug-likeness (QED) is 0.886. The highest BCUT2D eigenvalue weighted by Gasteiger charge is 2.21. The summed E-state index contributed by atoms with van der Waals surface area (Å²) >= 11 is 0. The van der Waals surface area contributed by atoms with Crippen molar-refractivity contribution in [3.63, 3.8) is 0 Å². The van der Waals surface area contributed by atoms with Gasteiger partial charge in [0.2, 0.25) is 0 Å². The number of aryl methyl sites for hydroxylation is 1. The molecule has 2 rings (SSSR count). The minimum absolute atomic E-state index is 0.391. The minimum Gasteiger partial charge on any atom is -0.377 e. The van der Waals surface area contributed by atoms with Gasteiger partial charge in [0.1, 0.15) is 0 Å². The lowest BCUT2D eigenvalue weighted by molar-refractivity contribution is 0.0526. The number of hydrogen-bond acceptors (Lipinski definition) is 3. The molecule has 0 bridgehead atoms. The van der Waals surface area contributed by atoms with Gasteiger partial charge in [0.05, 0.1) is 6.10 Å². The van der Waals surface area contributed by atoms with Crippen molar-refractivity contribution in [2.75, 3.05) is 31.1 Å². The first-order valence-electron chi connectivity index (χ1n) is 7.40. The highest BCUT2D eigenvalue weighted by molar-refractivity contribution is 5.55. The molecular formula is C16H26N2O. The molecule has 1 aliphatic rings. The maximum atomic E-state index is 5.78. The van der Waals surface area contributed by atoms with Gasteiger partial charge < -0.3 is 15.4 Å². The molecule has 1 fully saturated rings. The van der Waals surface area contributed by atoms with Gasteiger partial charge in [-0.3, -0.25) is 0 Å². The van der Waals surface area contributed by atoms with Crippen molar-refractivity contribution < 1.29 is 4.74 Å². The summed E-state index contributed by atoms with van der Waals surface area (Å²) in [5.41, 5.74) is 9.65. The van der Waals surface area contributed by atoms with Gasteiger partial charge in [0, 0.05) is 25.4 Å². The molecule has 1 atom stereocenters. The maximum Gasteiger partial charge on any atom is 0.0750 e. The molecule has 3 nitrogen and oxygen atoms in total. The molecule has 3 heteroatoms. The Morgan fingerprint density at radius 3 is 2.95 bits per heavy atom. The van der Waals surface area contributed by atoms with Crippen LogP contribution in [0.5, 0.6) is 0 Å². The van der Waals surface area contributed by atoms with E-state index in [-0.39, 0.29) is 0 Å². The van der Waals surface area contributed by atoms with E-state index in [4.69, 9.17) is 10.5 Å². The molecule has 19 heavy (non-hydrogen) atoms. The second-order valence-corrected chi connectivity index (χ2v) is 5.33. The van der Waals surface area contributed by atoms with Crippen LogP contribution in [0.2, 0.25) is 0 Å². The summed E-state index contributed by atoms with van der Waals surface area (Å²) in [4.78, 5) is 2.46. The van der Waals surface area contributed by atoms with Crippen LogP contribution in [-0.2, 0) is 11.2 Å². The third kappa shape index (κ3) is 3.71. The van der Waals surface area contributed by atoms with Crippen LogP contribution in [0.15, 0.2) is 18.2 Å². The van der Waals surface area contributed by atoms with Crippen molar-refractivity contribution in [3.05, 3.63) is 29.3 Å². The molecule has 1 aromatic carbocycles. The lowest BCUT2D eigenvalue weighted by Crippen LogP contribution is -2.40. The first kappa shape index (κ1) is 14.4. The van der Waals surface area contributed by atoms with Gasteiger partial charge in [-0.2, -0.15) is 0 Å². The first-order valence-corrected chi connectivity index (χ1v) is 7.40. The number of nitrogens with zero attached hydrogens (tertiary/aromatic N) is 1. The van der Waals surface area contributed by atoms with Crippen molar-refractivity contribution in [2.45, 2.75) is 39.2 Å². The van der Waals surface area contributed by atoms with Gasteiger partial charge in [0.25, 0.3) is 0 Å². The number of hydrogen-bond donors (Lipinski definition) is 1. The van der Waals surface area contributed by atoms with Crippen LogP contribution in [0.4, 0.5) is 5.69 Å². The Kier molecular flexibility index (Phi) is 5.23. The second kappa shape index (κ2) is 6.92. The van der Waals surface area contributed by atoms with Gasteiger partial charge in [-0.25, -0.2) is 0 Å². The number of piperidine rings is 1. The van der Waals surface area contributed by atoms with E-state index in [0.29, 0.717) is 6.10 Å². The molecule has 1 aromatic rings. The van der Waals surface area contributed by atoms with Gasteiger partial charge in [-0.1, -0.05) is 12.1 Å². The molecule has 1 heterocycles. The van der Waals surface area contributed by atoms with E-state index < -0.39 is 0 Å². The van der Waals surface area contributed by atoms with E-state index in [2.05, 4.69) is 36.9 Å². The van der Waals surface area contributed by atoms with Crippen LogP contribution in [-0.4, -0.2) is 32.3 Å². The van der Waals surface area contributed by atoms with E-state index in [9.17, 15) is 0 Å². The summed E-state index contributed by atoms with van der Waals surface area (Å²) in [5, 5.41) is 0. The van der Waals surface area contributed by atoms with E-state index in [0.717, 1.165) is 32.7 Å². The monoisotopic (exact) mass is 262 g/mol. The molecule has 0 aromatic heterocycles. The van der Waals surface area contributed by atoms with E-state index >= 15 is 0 Å². The number of ether oxygens (including phenoxy) is 1. The molecule has 0 radical (unpaired) electrons. The lowest BCUT2D eigenvalue weighted by atomic mass is 10.0. The predicted octanol–water partition coefficient (Wildman–Crippen LogP) is 2.50. The van der Waals surface area contributed by atoms with E-state index in [1.165, 1.54) is 29.7 Å². The van der Waals surface area contributed by atoms with E-state index in [1.54, 1.807) is 0 Å². The Morgan fingerprint density at radius 2 is 2.26 bits per heavy atom. The maximum absolute atomic E-state index is 5.78. The number of benzene rings is 1. The zero-order valence-corrected chi connectivity index (χ0v) is 12.2. The average molecular weight is 262 g/mol. The van der Waals surface area contributed by atoms with E-state index in [1.807, 2.05) is 0 Å². The minimum atomic E-state index is 0.391. The highest BCUT2D eigenvalue weighted by atomic mass is 16.5. The molecule has 1 saturated heterocycles. The molecule has 0 saturated carbocycles. The van der Waals surface area contributed by atoms with Crippen LogP contribution < -0.4 is 10.6 Å². The fraction of sp³-hybridized carbons (Fsp3) is 0.625. The Labute approximate surface area is 116 Å². The summed E-state index contributed by atoms with van der Waals surface area (Å²) in [6.45, 7) is 7.96. The van der Waals surface area contributed by atoms with Gasteiger partial charge in [-0.15, -0.1) is 0 Å².